The highest BCUT2D eigenvalue weighted by molar-refractivity contribution is 5.89. The predicted molar refractivity (Wildman–Crippen MR) is 90.1 cm³/mol. The van der Waals surface area contributed by atoms with Crippen LogP contribution in [-0.2, 0) is 14.9 Å². The molecule has 2 fully saturated rings. The number of phenols is 2. The lowest BCUT2D eigenvalue weighted by molar-refractivity contribution is -0.185. The largest absolute Gasteiger partial charge is 0.504 e. The molecular weight excluding hydrogens is 304 g/mol. The van der Waals surface area contributed by atoms with Crippen LogP contribution in [0.15, 0.2) is 6.07 Å². The van der Waals surface area contributed by atoms with Gasteiger partial charge in [0, 0.05) is 16.7 Å². The van der Waals surface area contributed by atoms with E-state index in [2.05, 4.69) is 13.8 Å². The van der Waals surface area contributed by atoms with Crippen molar-refractivity contribution < 1.29 is 19.7 Å². The van der Waals surface area contributed by atoms with Crippen molar-refractivity contribution in [2.24, 2.45) is 11.3 Å². The minimum absolute atomic E-state index is 0.0202. The van der Waals surface area contributed by atoms with Crippen LogP contribution in [0.3, 0.4) is 0 Å². The van der Waals surface area contributed by atoms with Gasteiger partial charge in [-0.2, -0.15) is 0 Å². The number of benzene rings is 1. The minimum Gasteiger partial charge on any atom is -0.504 e. The molecule has 2 bridgehead atoms. The number of carbonyl (C=O) groups is 1. The van der Waals surface area contributed by atoms with Crippen LogP contribution in [0.5, 0.6) is 11.5 Å². The fourth-order valence-electron chi connectivity index (χ4n) is 5.55. The third-order valence-corrected chi connectivity index (χ3v) is 6.74. The van der Waals surface area contributed by atoms with E-state index in [0.29, 0.717) is 12.0 Å². The summed E-state index contributed by atoms with van der Waals surface area (Å²) in [5, 5.41) is 21.4. The summed E-state index contributed by atoms with van der Waals surface area (Å²) < 4.78 is 5.76. The van der Waals surface area contributed by atoms with E-state index in [1.54, 1.807) is 0 Å². The first kappa shape index (κ1) is 15.8. The van der Waals surface area contributed by atoms with Gasteiger partial charge in [0.1, 0.15) is 11.5 Å². The van der Waals surface area contributed by atoms with Crippen LogP contribution >= 0.6 is 0 Å². The molecule has 24 heavy (non-hydrogen) atoms. The fourth-order valence-corrected chi connectivity index (χ4v) is 5.55. The number of fused-ring (bicyclic) bond motifs is 1. The molecule has 1 saturated heterocycles. The van der Waals surface area contributed by atoms with E-state index < -0.39 is 5.41 Å². The zero-order chi connectivity index (χ0) is 17.4. The highest BCUT2D eigenvalue weighted by Crippen LogP contribution is 2.66. The summed E-state index contributed by atoms with van der Waals surface area (Å²) in [5.41, 5.74) is 1.49. The summed E-state index contributed by atoms with van der Waals surface area (Å²) in [5.74, 6) is -0.141. The number of carbonyl (C=O) groups excluding carboxylic acids is 1. The molecule has 2 N–H and O–H groups in total. The van der Waals surface area contributed by atoms with Crippen LogP contribution in [-0.4, -0.2) is 16.2 Å². The van der Waals surface area contributed by atoms with Gasteiger partial charge in [0.05, 0.1) is 0 Å². The first-order valence-electron chi connectivity index (χ1n) is 9.00. The van der Waals surface area contributed by atoms with E-state index in [0.717, 1.165) is 30.4 Å². The Labute approximate surface area is 142 Å². The molecule has 130 valence electrons. The molecule has 4 heteroatoms. The number of rotatable bonds is 1. The van der Waals surface area contributed by atoms with Crippen LogP contribution in [0, 0.1) is 11.3 Å². The van der Waals surface area contributed by atoms with Gasteiger partial charge in [-0.25, -0.2) is 0 Å². The third kappa shape index (κ3) is 1.72. The Morgan fingerprint density at radius 2 is 1.92 bits per heavy atom. The summed E-state index contributed by atoms with van der Waals surface area (Å²) in [7, 11) is 0. The lowest BCUT2D eigenvalue weighted by Crippen LogP contribution is -2.59. The Morgan fingerprint density at radius 1 is 1.21 bits per heavy atom. The van der Waals surface area contributed by atoms with Crippen molar-refractivity contribution in [1.29, 1.82) is 0 Å². The quantitative estimate of drug-likeness (QED) is 0.595. The maximum Gasteiger partial charge on any atom is 0.317 e. The van der Waals surface area contributed by atoms with E-state index in [1.807, 2.05) is 19.9 Å². The third-order valence-electron chi connectivity index (χ3n) is 6.74. The second-order valence-electron chi connectivity index (χ2n) is 8.78. The lowest BCUT2D eigenvalue weighted by Gasteiger charge is -2.58. The van der Waals surface area contributed by atoms with Gasteiger partial charge < -0.3 is 14.9 Å². The Bertz CT molecular complexity index is 734. The molecule has 1 aromatic carbocycles. The molecule has 1 saturated carbocycles. The predicted octanol–water partition coefficient (Wildman–Crippen LogP) is 4.29. The molecule has 4 nitrogen and oxygen atoms in total. The normalized spacial score (nSPS) is 33.1. The van der Waals surface area contributed by atoms with Gasteiger partial charge in [0.2, 0.25) is 0 Å². The molecule has 0 amide bonds. The Kier molecular flexibility index (Phi) is 3.08. The molecule has 3 atom stereocenters. The van der Waals surface area contributed by atoms with Crippen molar-refractivity contribution in [2.75, 3.05) is 0 Å². The van der Waals surface area contributed by atoms with E-state index >= 15 is 0 Å². The SMILES string of the molecule is CC(C)c1cc2c(c(O)c1O)[C@@]13CCCC(C)(C)[C@H]1C[C@H]2OC3=O. The molecule has 0 unspecified atom stereocenters. The van der Waals surface area contributed by atoms with E-state index in [-0.39, 0.29) is 40.8 Å². The number of ether oxygens (including phenoxy) is 1. The maximum atomic E-state index is 12.9. The fraction of sp³-hybridized carbons (Fsp3) is 0.650. The molecular formula is C20H26O4. The summed E-state index contributed by atoms with van der Waals surface area (Å²) >= 11 is 0. The van der Waals surface area contributed by atoms with Gasteiger partial charge >= 0.3 is 5.97 Å². The number of phenolic OH excluding ortho intramolecular Hbond substituents is 2. The monoisotopic (exact) mass is 330 g/mol. The van der Waals surface area contributed by atoms with Crippen LogP contribution < -0.4 is 0 Å². The Balaban J connectivity index is 2.02. The van der Waals surface area contributed by atoms with Gasteiger partial charge in [-0.3, -0.25) is 4.79 Å². The number of esters is 1. The van der Waals surface area contributed by atoms with Gasteiger partial charge in [-0.15, -0.1) is 0 Å². The van der Waals surface area contributed by atoms with Crippen LogP contribution in [0.4, 0.5) is 0 Å². The number of hydrogen-bond donors (Lipinski definition) is 2. The molecule has 2 aliphatic heterocycles. The average molecular weight is 330 g/mol. The molecule has 0 radical (unpaired) electrons. The van der Waals surface area contributed by atoms with Crippen molar-refractivity contribution in [2.45, 2.75) is 70.8 Å². The summed E-state index contributed by atoms with van der Waals surface area (Å²) in [6.45, 7) is 8.40. The van der Waals surface area contributed by atoms with Gasteiger partial charge in [0.15, 0.2) is 11.5 Å². The van der Waals surface area contributed by atoms with E-state index in [1.165, 1.54) is 0 Å². The smallest absolute Gasteiger partial charge is 0.317 e. The topological polar surface area (TPSA) is 66.8 Å². The molecule has 2 heterocycles. The molecule has 1 spiro atoms. The number of hydrogen-bond acceptors (Lipinski definition) is 4. The van der Waals surface area contributed by atoms with Crippen molar-refractivity contribution in [1.82, 2.24) is 0 Å². The first-order valence-corrected chi connectivity index (χ1v) is 9.00. The minimum atomic E-state index is -0.803. The van der Waals surface area contributed by atoms with Gasteiger partial charge in [-0.05, 0) is 42.6 Å². The second kappa shape index (κ2) is 4.68. The van der Waals surface area contributed by atoms with E-state index in [4.69, 9.17) is 4.74 Å². The molecule has 2 aliphatic carbocycles. The zero-order valence-corrected chi connectivity index (χ0v) is 14.8. The van der Waals surface area contributed by atoms with Crippen molar-refractivity contribution in [3.63, 3.8) is 0 Å². The van der Waals surface area contributed by atoms with Crippen LogP contribution in [0.2, 0.25) is 0 Å². The maximum absolute atomic E-state index is 12.9. The number of aromatic hydroxyl groups is 2. The first-order chi connectivity index (χ1) is 11.2. The van der Waals surface area contributed by atoms with Crippen molar-refractivity contribution in [3.05, 3.63) is 22.8 Å². The summed E-state index contributed by atoms with van der Waals surface area (Å²) in [6, 6.07) is 1.95. The molecule has 4 aliphatic rings. The molecule has 1 aromatic rings. The van der Waals surface area contributed by atoms with Gasteiger partial charge in [-0.1, -0.05) is 34.1 Å². The second-order valence-corrected chi connectivity index (χ2v) is 8.78. The molecule has 5 rings (SSSR count). The standard InChI is InChI=1S/C20H26O4/c1-10(2)11-8-12-13-9-14-19(3,4)6-5-7-20(14,18(23)24-13)15(12)17(22)16(11)21/h8,10,13-14,21-22H,5-7,9H2,1-4H3/t13-,14-,20-/m1/s1. The highest BCUT2D eigenvalue weighted by Gasteiger charge is 2.65. The van der Waals surface area contributed by atoms with Crippen LogP contribution in [0.25, 0.3) is 0 Å². The van der Waals surface area contributed by atoms with Crippen molar-refractivity contribution >= 4 is 5.97 Å². The van der Waals surface area contributed by atoms with Crippen LogP contribution in [0.1, 0.15) is 82.1 Å². The average Bonchev–Trinajstić information content (AvgIpc) is 2.50. The van der Waals surface area contributed by atoms with Crippen molar-refractivity contribution in [3.8, 4) is 11.5 Å². The summed E-state index contributed by atoms with van der Waals surface area (Å²) in [4.78, 5) is 12.9. The van der Waals surface area contributed by atoms with Gasteiger partial charge in [0.25, 0.3) is 0 Å². The van der Waals surface area contributed by atoms with E-state index in [9.17, 15) is 15.0 Å². The zero-order valence-electron chi connectivity index (χ0n) is 14.8. The molecule has 0 aromatic heterocycles. The Morgan fingerprint density at radius 3 is 2.58 bits per heavy atom. The lowest BCUT2D eigenvalue weighted by atomic mass is 9.47. The Hall–Kier alpha value is -1.71. The summed E-state index contributed by atoms with van der Waals surface area (Å²) in [6.07, 6.45) is 3.20. The highest BCUT2D eigenvalue weighted by atomic mass is 16.5.